The molecule has 0 aliphatic heterocycles. The van der Waals surface area contributed by atoms with E-state index < -0.39 is 7.14 Å². The van der Waals surface area contributed by atoms with Crippen molar-refractivity contribution in [3.8, 4) is 11.1 Å². The molecule has 8 aromatic carbocycles. The number of imidazole rings is 1. The molecule has 0 radical (unpaired) electrons. The zero-order chi connectivity index (χ0) is 32.5. The molecule has 10 aromatic rings. The largest absolute Gasteiger partial charge is 0.309 e. The second kappa shape index (κ2) is 10.8. The molecule has 4 heteroatoms. The molecule has 0 aliphatic rings. The molecule has 0 spiro atoms. The fraction of sp³-hybridized carbons (Fsp3) is 0. The molecule has 0 saturated heterocycles. The van der Waals surface area contributed by atoms with Crippen molar-refractivity contribution in [3.63, 3.8) is 0 Å². The lowest BCUT2D eigenvalue weighted by Crippen LogP contribution is -2.25. The number of para-hydroxylation sites is 2. The van der Waals surface area contributed by atoms with Crippen LogP contribution in [0, 0.1) is 0 Å². The van der Waals surface area contributed by atoms with Gasteiger partial charge in [-0.15, -0.1) is 0 Å². The van der Waals surface area contributed by atoms with Crippen LogP contribution in [0.2, 0.25) is 0 Å². The normalized spacial score (nSPS) is 12.2. The lowest BCUT2D eigenvalue weighted by molar-refractivity contribution is 0.592. The Balaban J connectivity index is 1.27. The topological polar surface area (TPSA) is 34.4 Å². The highest BCUT2D eigenvalue weighted by atomic mass is 31.2. The molecule has 0 saturated carbocycles. The summed E-state index contributed by atoms with van der Waals surface area (Å²) < 4.78 is 17.8. The van der Waals surface area contributed by atoms with E-state index in [1.54, 1.807) is 0 Å². The summed E-state index contributed by atoms with van der Waals surface area (Å²) in [6.45, 7) is 0. The van der Waals surface area contributed by atoms with Crippen LogP contribution < -0.4 is 15.9 Å². The van der Waals surface area contributed by atoms with Gasteiger partial charge in [-0.2, -0.15) is 0 Å². The zero-order valence-corrected chi connectivity index (χ0v) is 27.4. The van der Waals surface area contributed by atoms with Gasteiger partial charge in [0.25, 0.3) is 0 Å². The summed E-state index contributed by atoms with van der Waals surface area (Å²) in [4.78, 5) is 5.14. The minimum atomic E-state index is -3.18. The predicted molar refractivity (Wildman–Crippen MR) is 208 cm³/mol. The SMILES string of the molecule is O=P(c1ccccc1)(c1ccccc1)c1ccc(-c2ccc3c(c2)c2cc4ccccc4cc2c2nc4ccccc4n32)c2ccccc12. The van der Waals surface area contributed by atoms with Crippen molar-refractivity contribution >= 4 is 83.0 Å². The van der Waals surface area contributed by atoms with E-state index in [2.05, 4.69) is 120 Å². The van der Waals surface area contributed by atoms with Crippen molar-refractivity contribution < 1.29 is 4.57 Å². The molecule has 0 aliphatic carbocycles. The Kier molecular flexibility index (Phi) is 6.15. The average molecular weight is 645 g/mol. The van der Waals surface area contributed by atoms with Crippen LogP contribution >= 0.6 is 7.14 Å². The van der Waals surface area contributed by atoms with Gasteiger partial charge in [0.2, 0.25) is 0 Å². The molecular weight excluding hydrogens is 615 g/mol. The van der Waals surface area contributed by atoms with E-state index in [-0.39, 0.29) is 0 Å². The fourth-order valence-electron chi connectivity index (χ4n) is 7.73. The van der Waals surface area contributed by atoms with Crippen LogP contribution in [0.3, 0.4) is 0 Å². The summed E-state index contributed by atoms with van der Waals surface area (Å²) in [5.41, 5.74) is 6.39. The number of pyridine rings is 1. The maximum absolute atomic E-state index is 15.5. The van der Waals surface area contributed by atoms with Crippen LogP contribution in [0.1, 0.15) is 0 Å². The van der Waals surface area contributed by atoms with Gasteiger partial charge in [-0.25, -0.2) is 4.98 Å². The van der Waals surface area contributed by atoms with E-state index in [0.717, 1.165) is 65.4 Å². The Labute approximate surface area is 283 Å². The van der Waals surface area contributed by atoms with Crippen molar-refractivity contribution in [1.29, 1.82) is 0 Å². The number of benzene rings is 8. The van der Waals surface area contributed by atoms with Gasteiger partial charge in [-0.05, 0) is 80.5 Å². The standard InChI is InChI=1S/C45H29N2OP/c48-49(33-15-3-1-4-16-33,34-17-5-2-6-18-34)44-26-24-35(36-19-9-10-20-37(36)44)32-23-25-42-39(29-32)38-27-30-13-7-8-14-31(30)28-40(38)45-46-41-21-11-12-22-43(41)47(42)45/h1-29H. The minimum Gasteiger partial charge on any atom is -0.309 e. The van der Waals surface area contributed by atoms with Gasteiger partial charge in [-0.3, -0.25) is 4.40 Å². The number of aromatic nitrogens is 2. The van der Waals surface area contributed by atoms with Crippen LogP contribution in [-0.4, -0.2) is 9.38 Å². The number of nitrogens with zero attached hydrogens (tertiary/aromatic N) is 2. The molecule has 230 valence electrons. The van der Waals surface area contributed by atoms with Crippen LogP contribution in [0.25, 0.3) is 71.0 Å². The lowest BCUT2D eigenvalue weighted by Gasteiger charge is -2.23. The monoisotopic (exact) mass is 644 g/mol. The zero-order valence-electron chi connectivity index (χ0n) is 26.5. The van der Waals surface area contributed by atoms with Crippen LogP contribution in [0.15, 0.2) is 176 Å². The molecule has 0 N–H and O–H groups in total. The Morgan fingerprint density at radius 3 is 1.80 bits per heavy atom. The fourth-order valence-corrected chi connectivity index (χ4v) is 10.6. The summed E-state index contributed by atoms with van der Waals surface area (Å²) in [6.07, 6.45) is 0. The second-order valence-corrected chi connectivity index (χ2v) is 15.4. The van der Waals surface area contributed by atoms with Gasteiger partial charge in [-0.1, -0.05) is 133 Å². The van der Waals surface area contributed by atoms with Crippen LogP contribution in [0.4, 0.5) is 0 Å². The first-order valence-corrected chi connectivity index (χ1v) is 18.3. The summed E-state index contributed by atoms with van der Waals surface area (Å²) >= 11 is 0. The molecule has 49 heavy (non-hydrogen) atoms. The van der Waals surface area contributed by atoms with Crippen molar-refractivity contribution in [2.24, 2.45) is 0 Å². The van der Waals surface area contributed by atoms with Crippen molar-refractivity contribution in [2.75, 3.05) is 0 Å². The Hall–Kier alpha value is -6.02. The molecule has 0 fully saturated rings. The van der Waals surface area contributed by atoms with E-state index >= 15 is 4.57 Å². The van der Waals surface area contributed by atoms with Crippen LogP contribution in [0.5, 0.6) is 0 Å². The summed E-state index contributed by atoms with van der Waals surface area (Å²) in [7, 11) is -3.18. The second-order valence-electron chi connectivity index (χ2n) is 12.7. The van der Waals surface area contributed by atoms with Crippen molar-refractivity contribution in [3.05, 3.63) is 176 Å². The van der Waals surface area contributed by atoms with Gasteiger partial charge in [0.15, 0.2) is 7.14 Å². The third-order valence-corrected chi connectivity index (χ3v) is 13.1. The van der Waals surface area contributed by atoms with E-state index in [9.17, 15) is 0 Å². The third kappa shape index (κ3) is 4.16. The molecule has 2 heterocycles. The molecule has 2 aromatic heterocycles. The molecule has 0 atom stereocenters. The van der Waals surface area contributed by atoms with Gasteiger partial charge >= 0.3 is 0 Å². The van der Waals surface area contributed by atoms with Gasteiger partial charge in [0.1, 0.15) is 5.65 Å². The van der Waals surface area contributed by atoms with Gasteiger partial charge in [0, 0.05) is 26.7 Å². The Bertz CT molecular complexity index is 2920. The van der Waals surface area contributed by atoms with Crippen molar-refractivity contribution in [1.82, 2.24) is 9.38 Å². The first-order chi connectivity index (χ1) is 24.2. The smallest absolute Gasteiger partial charge is 0.171 e. The highest BCUT2D eigenvalue weighted by Crippen LogP contribution is 2.46. The third-order valence-electron chi connectivity index (χ3n) is 10.0. The molecule has 3 nitrogen and oxygen atoms in total. The van der Waals surface area contributed by atoms with Crippen LogP contribution in [-0.2, 0) is 4.57 Å². The quantitative estimate of drug-likeness (QED) is 0.109. The number of hydrogen-bond acceptors (Lipinski definition) is 2. The number of hydrogen-bond donors (Lipinski definition) is 0. The summed E-state index contributed by atoms with van der Waals surface area (Å²) in [5.74, 6) is 0. The Morgan fingerprint density at radius 2 is 1.06 bits per heavy atom. The van der Waals surface area contributed by atoms with E-state index in [0.29, 0.717) is 0 Å². The summed E-state index contributed by atoms with van der Waals surface area (Å²) in [6, 6.07) is 60.8. The van der Waals surface area contributed by atoms with Gasteiger partial charge in [0.05, 0.1) is 16.6 Å². The van der Waals surface area contributed by atoms with E-state index in [4.69, 9.17) is 4.98 Å². The molecule has 0 bridgehead atoms. The highest BCUT2D eigenvalue weighted by molar-refractivity contribution is 7.85. The first kappa shape index (κ1) is 28.0. The molecule has 0 amide bonds. The maximum atomic E-state index is 15.5. The number of fused-ring (bicyclic) bond motifs is 10. The predicted octanol–water partition coefficient (Wildman–Crippen LogP) is 10.4. The van der Waals surface area contributed by atoms with E-state index in [1.807, 2.05) is 60.7 Å². The number of rotatable bonds is 4. The molecule has 0 unspecified atom stereocenters. The van der Waals surface area contributed by atoms with Gasteiger partial charge < -0.3 is 4.57 Å². The van der Waals surface area contributed by atoms with Crippen molar-refractivity contribution in [2.45, 2.75) is 0 Å². The van der Waals surface area contributed by atoms with E-state index in [1.165, 1.54) is 21.5 Å². The Morgan fingerprint density at radius 1 is 0.449 bits per heavy atom. The maximum Gasteiger partial charge on any atom is 0.171 e. The molecular formula is C45H29N2OP. The lowest BCUT2D eigenvalue weighted by atomic mass is 9.95. The molecule has 10 rings (SSSR count). The highest BCUT2D eigenvalue weighted by Gasteiger charge is 2.31. The summed E-state index contributed by atoms with van der Waals surface area (Å²) in [5, 5.41) is 10.5. The first-order valence-electron chi connectivity index (χ1n) is 16.6. The average Bonchev–Trinajstić information content (AvgIpc) is 3.57. The minimum absolute atomic E-state index is 0.833.